The van der Waals surface area contributed by atoms with Crippen LogP contribution >= 0.6 is 0 Å². The number of fused-ring (bicyclic) bond motifs is 1. The molecule has 5 rings (SSSR count). The number of hydrogen-bond acceptors (Lipinski definition) is 5. The predicted octanol–water partition coefficient (Wildman–Crippen LogP) is 3.25. The second-order valence-electron chi connectivity index (χ2n) is 8.10. The van der Waals surface area contributed by atoms with Crippen molar-refractivity contribution in [2.75, 3.05) is 54.4 Å². The van der Waals surface area contributed by atoms with Crippen LogP contribution in [0.4, 0.5) is 22.7 Å². The molecule has 0 bridgehead atoms. The van der Waals surface area contributed by atoms with Gasteiger partial charge in [-0.25, -0.2) is 8.42 Å². The molecule has 0 amide bonds. The van der Waals surface area contributed by atoms with Crippen molar-refractivity contribution in [2.24, 2.45) is 0 Å². The van der Waals surface area contributed by atoms with Gasteiger partial charge in [0.2, 0.25) is 10.0 Å². The number of anilines is 4. The zero-order valence-corrected chi connectivity index (χ0v) is 17.4. The Morgan fingerprint density at radius 1 is 0.828 bits per heavy atom. The summed E-state index contributed by atoms with van der Waals surface area (Å²) in [5.41, 5.74) is 4.74. The first-order chi connectivity index (χ1) is 14.1. The zero-order valence-electron chi connectivity index (χ0n) is 16.6. The Labute approximate surface area is 173 Å². The summed E-state index contributed by atoms with van der Waals surface area (Å²) in [6.45, 7) is 4.55. The van der Waals surface area contributed by atoms with E-state index in [4.69, 9.17) is 0 Å². The van der Waals surface area contributed by atoms with E-state index in [9.17, 15) is 8.42 Å². The number of benzene rings is 2. The molecule has 1 saturated carbocycles. The van der Waals surface area contributed by atoms with Crippen molar-refractivity contribution in [3.05, 3.63) is 48.5 Å². The fraction of sp³-hybridized carbons (Fsp3) is 0.455. The van der Waals surface area contributed by atoms with Crippen LogP contribution in [0.15, 0.2) is 48.5 Å². The van der Waals surface area contributed by atoms with E-state index < -0.39 is 10.0 Å². The lowest BCUT2D eigenvalue weighted by Gasteiger charge is -2.39. The predicted molar refractivity (Wildman–Crippen MR) is 119 cm³/mol. The smallest absolute Gasteiger partial charge is 0.217 e. The van der Waals surface area contributed by atoms with Gasteiger partial charge in [0, 0.05) is 50.6 Å². The molecule has 0 spiro atoms. The molecule has 2 aliphatic heterocycles. The number of sulfonamides is 1. The van der Waals surface area contributed by atoms with Crippen molar-refractivity contribution in [1.29, 1.82) is 0 Å². The molecule has 0 aromatic heterocycles. The van der Waals surface area contributed by atoms with Gasteiger partial charge in [0.25, 0.3) is 0 Å². The summed E-state index contributed by atoms with van der Waals surface area (Å²) >= 11 is 0. The van der Waals surface area contributed by atoms with E-state index in [-0.39, 0.29) is 5.25 Å². The molecule has 29 heavy (non-hydrogen) atoms. The molecule has 7 heteroatoms. The summed E-state index contributed by atoms with van der Waals surface area (Å²) in [7, 11) is -3.09. The number of nitrogens with one attached hydrogen (secondary N) is 1. The summed E-state index contributed by atoms with van der Waals surface area (Å²) in [5, 5.41) is 3.32. The van der Waals surface area contributed by atoms with E-state index in [0.717, 1.165) is 51.1 Å². The highest BCUT2D eigenvalue weighted by Gasteiger charge is 2.37. The molecule has 1 aliphatic carbocycles. The largest absolute Gasteiger partial charge is 0.382 e. The molecule has 154 valence electrons. The molecule has 2 fully saturated rings. The number of piperazine rings is 1. The summed E-state index contributed by atoms with van der Waals surface area (Å²) in [4.78, 5) is 4.64. The average Bonchev–Trinajstić information content (AvgIpc) is 2.72. The first-order valence-corrected chi connectivity index (χ1v) is 12.1. The van der Waals surface area contributed by atoms with Crippen molar-refractivity contribution in [3.8, 4) is 0 Å². The van der Waals surface area contributed by atoms with Crippen LogP contribution in [-0.2, 0) is 10.0 Å². The standard InChI is InChI=1S/C22H28N4O2S/c27-29(28,20-4-3-5-20)25-16-14-24(15-17-25)18-8-10-19(11-9-18)26-13-12-23-21-6-1-2-7-22(21)26/h1-2,6-11,20,23H,3-5,12-17H2. The maximum atomic E-state index is 12.6. The van der Waals surface area contributed by atoms with Gasteiger partial charge in [-0.2, -0.15) is 4.31 Å². The first-order valence-electron chi connectivity index (χ1n) is 10.6. The molecule has 3 aliphatic rings. The lowest BCUT2D eigenvalue weighted by atomic mass is 10.0. The summed E-state index contributed by atoms with van der Waals surface area (Å²) in [6, 6.07) is 17.1. The maximum Gasteiger partial charge on any atom is 0.217 e. The zero-order chi connectivity index (χ0) is 19.8. The monoisotopic (exact) mass is 412 g/mol. The van der Waals surface area contributed by atoms with E-state index in [1.807, 2.05) is 0 Å². The van der Waals surface area contributed by atoms with Crippen molar-refractivity contribution in [1.82, 2.24) is 4.31 Å². The van der Waals surface area contributed by atoms with Gasteiger partial charge in [-0.15, -0.1) is 0 Å². The molecule has 0 atom stereocenters. The third-order valence-corrected chi connectivity index (χ3v) is 8.84. The van der Waals surface area contributed by atoms with Gasteiger partial charge < -0.3 is 15.1 Å². The molecule has 2 heterocycles. The third kappa shape index (κ3) is 3.46. The Bertz CT molecular complexity index is 965. The lowest BCUT2D eigenvalue weighted by molar-refractivity contribution is 0.361. The van der Waals surface area contributed by atoms with Crippen LogP contribution in [0.25, 0.3) is 0 Å². The number of nitrogens with zero attached hydrogens (tertiary/aromatic N) is 3. The van der Waals surface area contributed by atoms with E-state index in [1.165, 1.54) is 17.1 Å². The quantitative estimate of drug-likeness (QED) is 0.835. The Kier molecular flexibility index (Phi) is 4.87. The Hall–Kier alpha value is -2.25. The van der Waals surface area contributed by atoms with Crippen molar-refractivity contribution in [2.45, 2.75) is 24.5 Å². The van der Waals surface area contributed by atoms with Gasteiger partial charge in [0.1, 0.15) is 0 Å². The molecule has 1 N–H and O–H groups in total. The lowest BCUT2D eigenvalue weighted by Crippen LogP contribution is -2.52. The van der Waals surface area contributed by atoms with Gasteiger partial charge in [-0.1, -0.05) is 18.6 Å². The van der Waals surface area contributed by atoms with Gasteiger partial charge in [0.05, 0.1) is 16.6 Å². The highest BCUT2D eigenvalue weighted by atomic mass is 32.2. The molecule has 2 aromatic carbocycles. The minimum Gasteiger partial charge on any atom is -0.382 e. The summed E-state index contributed by atoms with van der Waals surface area (Å²) < 4.78 is 27.0. The van der Waals surface area contributed by atoms with Crippen LogP contribution in [0.1, 0.15) is 19.3 Å². The summed E-state index contributed by atoms with van der Waals surface area (Å²) in [5.74, 6) is 0. The van der Waals surface area contributed by atoms with E-state index in [0.29, 0.717) is 13.1 Å². The van der Waals surface area contributed by atoms with Gasteiger partial charge in [-0.3, -0.25) is 0 Å². The van der Waals surface area contributed by atoms with E-state index in [1.54, 1.807) is 4.31 Å². The highest BCUT2D eigenvalue weighted by Crippen LogP contribution is 2.35. The van der Waals surface area contributed by atoms with Crippen LogP contribution in [0, 0.1) is 0 Å². The first kappa shape index (κ1) is 18.8. The minimum atomic E-state index is -3.09. The van der Waals surface area contributed by atoms with Crippen LogP contribution in [0.3, 0.4) is 0 Å². The van der Waals surface area contributed by atoms with Crippen LogP contribution in [0.5, 0.6) is 0 Å². The Balaban J connectivity index is 1.26. The highest BCUT2D eigenvalue weighted by molar-refractivity contribution is 7.89. The Morgan fingerprint density at radius 3 is 2.21 bits per heavy atom. The van der Waals surface area contributed by atoms with Crippen LogP contribution in [-0.4, -0.2) is 57.2 Å². The van der Waals surface area contributed by atoms with Gasteiger partial charge >= 0.3 is 0 Å². The van der Waals surface area contributed by atoms with Crippen molar-refractivity contribution >= 4 is 32.8 Å². The average molecular weight is 413 g/mol. The molecule has 6 nitrogen and oxygen atoms in total. The van der Waals surface area contributed by atoms with Crippen molar-refractivity contribution < 1.29 is 8.42 Å². The Morgan fingerprint density at radius 2 is 1.52 bits per heavy atom. The number of hydrogen-bond donors (Lipinski definition) is 1. The molecular formula is C22H28N4O2S. The molecule has 2 aromatic rings. The molecule has 0 radical (unpaired) electrons. The maximum absolute atomic E-state index is 12.6. The SMILES string of the molecule is O=S(=O)(C1CCC1)N1CCN(c2ccc(N3CCNc4ccccc43)cc2)CC1. The topological polar surface area (TPSA) is 55.9 Å². The van der Waals surface area contributed by atoms with E-state index in [2.05, 4.69) is 63.6 Å². The fourth-order valence-electron chi connectivity index (χ4n) is 4.47. The number of rotatable bonds is 4. The normalized spacial score (nSPS) is 20.7. The van der Waals surface area contributed by atoms with Gasteiger partial charge in [0.15, 0.2) is 0 Å². The second kappa shape index (κ2) is 7.54. The molecule has 1 saturated heterocycles. The fourth-order valence-corrected chi connectivity index (χ4v) is 6.50. The third-order valence-electron chi connectivity index (χ3n) is 6.44. The second-order valence-corrected chi connectivity index (χ2v) is 10.3. The molecular weight excluding hydrogens is 384 g/mol. The summed E-state index contributed by atoms with van der Waals surface area (Å²) in [6.07, 6.45) is 2.71. The van der Waals surface area contributed by atoms with Crippen LogP contribution in [0.2, 0.25) is 0 Å². The van der Waals surface area contributed by atoms with Crippen LogP contribution < -0.4 is 15.1 Å². The van der Waals surface area contributed by atoms with E-state index >= 15 is 0 Å². The minimum absolute atomic E-state index is 0.129. The van der Waals surface area contributed by atoms with Crippen molar-refractivity contribution in [3.63, 3.8) is 0 Å². The van der Waals surface area contributed by atoms with Gasteiger partial charge in [-0.05, 0) is 49.2 Å². The number of para-hydroxylation sites is 2. The molecule has 0 unspecified atom stereocenters.